The second-order valence-corrected chi connectivity index (χ2v) is 7.80. The van der Waals surface area contributed by atoms with Crippen LogP contribution < -0.4 is 4.74 Å². The van der Waals surface area contributed by atoms with Crippen molar-refractivity contribution < 1.29 is 18.7 Å². The molecule has 1 rings (SSSR count). The SMILES string of the molecule is CC(Cc1cc(OCCCCF)ccc1I)C(=O)OC(C)(C)C. The number of hydrogen-bond donors (Lipinski definition) is 0. The number of rotatable bonds is 8. The van der Waals surface area contributed by atoms with Crippen LogP contribution in [0.3, 0.4) is 0 Å². The number of carbonyl (C=O) groups is 1. The Labute approximate surface area is 152 Å². The first-order chi connectivity index (χ1) is 10.7. The number of carbonyl (C=O) groups excluding carboxylic acids is 1. The molecule has 1 unspecified atom stereocenters. The van der Waals surface area contributed by atoms with E-state index in [0.717, 1.165) is 14.9 Å². The van der Waals surface area contributed by atoms with Crippen molar-refractivity contribution in [3.05, 3.63) is 27.3 Å². The topological polar surface area (TPSA) is 35.5 Å². The molecule has 0 aliphatic rings. The molecule has 1 atom stereocenters. The van der Waals surface area contributed by atoms with Crippen molar-refractivity contribution in [3.8, 4) is 5.75 Å². The van der Waals surface area contributed by atoms with Gasteiger partial charge in [0.05, 0.1) is 19.2 Å². The summed E-state index contributed by atoms with van der Waals surface area (Å²) in [6.45, 7) is 7.67. The summed E-state index contributed by atoms with van der Waals surface area (Å²) in [7, 11) is 0. The lowest BCUT2D eigenvalue weighted by atomic mass is 10.0. The quantitative estimate of drug-likeness (QED) is 0.329. The van der Waals surface area contributed by atoms with Gasteiger partial charge in [-0.05, 0) is 86.4 Å². The second kappa shape index (κ2) is 9.45. The van der Waals surface area contributed by atoms with Crippen LogP contribution in [0.1, 0.15) is 46.1 Å². The van der Waals surface area contributed by atoms with Gasteiger partial charge >= 0.3 is 5.97 Å². The van der Waals surface area contributed by atoms with Crippen molar-refractivity contribution in [2.24, 2.45) is 5.92 Å². The van der Waals surface area contributed by atoms with E-state index in [9.17, 15) is 9.18 Å². The van der Waals surface area contributed by atoms with Gasteiger partial charge in [0, 0.05) is 3.57 Å². The molecule has 0 N–H and O–H groups in total. The van der Waals surface area contributed by atoms with Gasteiger partial charge in [0.25, 0.3) is 0 Å². The molecular formula is C18H26FIO3. The fourth-order valence-corrected chi connectivity index (χ4v) is 2.56. The first-order valence-electron chi connectivity index (χ1n) is 7.93. The maximum Gasteiger partial charge on any atom is 0.309 e. The molecule has 130 valence electrons. The third-order valence-corrected chi connectivity index (χ3v) is 4.20. The van der Waals surface area contributed by atoms with E-state index < -0.39 is 5.60 Å². The second-order valence-electron chi connectivity index (χ2n) is 6.64. The Morgan fingerprint density at radius 2 is 2.00 bits per heavy atom. The number of ether oxygens (including phenoxy) is 2. The molecule has 0 bridgehead atoms. The molecule has 3 nitrogen and oxygen atoms in total. The first kappa shape index (κ1) is 20.2. The van der Waals surface area contributed by atoms with Crippen molar-refractivity contribution in [1.29, 1.82) is 0 Å². The van der Waals surface area contributed by atoms with Crippen LogP contribution >= 0.6 is 22.6 Å². The van der Waals surface area contributed by atoms with Gasteiger partial charge in [0.1, 0.15) is 11.4 Å². The molecule has 5 heteroatoms. The molecule has 0 spiro atoms. The van der Waals surface area contributed by atoms with Crippen LogP contribution in [0.2, 0.25) is 0 Å². The standard InChI is InChI=1S/C18H26FIO3/c1-13(17(21)23-18(2,3)4)11-14-12-15(7-8-16(14)20)22-10-6-5-9-19/h7-8,12-13H,5-6,9-11H2,1-4H3. The number of alkyl halides is 1. The van der Waals surface area contributed by atoms with Crippen molar-refractivity contribution in [2.75, 3.05) is 13.3 Å². The minimum Gasteiger partial charge on any atom is -0.494 e. The minimum atomic E-state index is -0.472. The largest absolute Gasteiger partial charge is 0.494 e. The zero-order valence-electron chi connectivity index (χ0n) is 14.3. The average Bonchev–Trinajstić information content (AvgIpc) is 2.45. The molecule has 1 aromatic carbocycles. The summed E-state index contributed by atoms with van der Waals surface area (Å²) in [6, 6.07) is 5.83. The summed E-state index contributed by atoms with van der Waals surface area (Å²) in [6.07, 6.45) is 1.83. The van der Waals surface area contributed by atoms with Crippen molar-refractivity contribution in [2.45, 2.75) is 52.6 Å². The van der Waals surface area contributed by atoms with Crippen LogP contribution in [-0.2, 0) is 16.0 Å². The van der Waals surface area contributed by atoms with E-state index in [0.29, 0.717) is 25.9 Å². The molecule has 1 aromatic rings. The van der Waals surface area contributed by atoms with Gasteiger partial charge < -0.3 is 9.47 Å². The fraction of sp³-hybridized carbons (Fsp3) is 0.611. The van der Waals surface area contributed by atoms with Gasteiger partial charge in [-0.3, -0.25) is 9.18 Å². The van der Waals surface area contributed by atoms with E-state index in [1.54, 1.807) is 0 Å². The van der Waals surface area contributed by atoms with Crippen LogP contribution in [-0.4, -0.2) is 24.9 Å². The molecule has 0 amide bonds. The highest BCUT2D eigenvalue weighted by atomic mass is 127. The predicted molar refractivity (Wildman–Crippen MR) is 98.6 cm³/mol. The number of esters is 1. The summed E-state index contributed by atoms with van der Waals surface area (Å²) < 4.78 is 24.2. The molecule has 0 radical (unpaired) electrons. The van der Waals surface area contributed by atoms with Crippen LogP contribution in [0.5, 0.6) is 5.75 Å². The summed E-state index contributed by atoms with van der Waals surface area (Å²) in [5, 5.41) is 0. The molecular weight excluding hydrogens is 410 g/mol. The van der Waals surface area contributed by atoms with E-state index in [2.05, 4.69) is 22.6 Å². The van der Waals surface area contributed by atoms with Gasteiger partial charge in [-0.2, -0.15) is 0 Å². The molecule has 0 saturated heterocycles. The third-order valence-electron chi connectivity index (χ3n) is 3.15. The summed E-state index contributed by atoms with van der Waals surface area (Å²) in [5.74, 6) is 0.350. The van der Waals surface area contributed by atoms with E-state index in [-0.39, 0.29) is 18.6 Å². The molecule has 0 aromatic heterocycles. The smallest absolute Gasteiger partial charge is 0.309 e. The fourth-order valence-electron chi connectivity index (χ4n) is 2.00. The first-order valence-corrected chi connectivity index (χ1v) is 9.01. The maximum atomic E-state index is 12.1. The Balaban J connectivity index is 2.66. The molecule has 0 fully saturated rings. The lowest BCUT2D eigenvalue weighted by Gasteiger charge is -2.22. The number of halogens is 2. The third kappa shape index (κ3) is 7.99. The molecule has 0 aliphatic heterocycles. The van der Waals surface area contributed by atoms with Crippen LogP contribution in [0, 0.1) is 9.49 Å². The monoisotopic (exact) mass is 436 g/mol. The molecule has 0 saturated carbocycles. The van der Waals surface area contributed by atoms with Crippen molar-refractivity contribution in [3.63, 3.8) is 0 Å². The van der Waals surface area contributed by atoms with Crippen LogP contribution in [0.25, 0.3) is 0 Å². The van der Waals surface area contributed by atoms with Crippen molar-refractivity contribution >= 4 is 28.6 Å². The highest BCUT2D eigenvalue weighted by molar-refractivity contribution is 14.1. The van der Waals surface area contributed by atoms with Gasteiger partial charge in [0.2, 0.25) is 0 Å². The van der Waals surface area contributed by atoms with E-state index >= 15 is 0 Å². The number of hydrogen-bond acceptors (Lipinski definition) is 3. The van der Waals surface area contributed by atoms with E-state index in [1.165, 1.54) is 0 Å². The predicted octanol–water partition coefficient (Wildman–Crippen LogP) is 4.94. The highest BCUT2D eigenvalue weighted by Crippen LogP contribution is 2.24. The lowest BCUT2D eigenvalue weighted by molar-refractivity contribution is -0.159. The molecule has 0 heterocycles. The van der Waals surface area contributed by atoms with E-state index in [4.69, 9.17) is 9.47 Å². The van der Waals surface area contributed by atoms with Crippen LogP contribution in [0.4, 0.5) is 4.39 Å². The maximum absolute atomic E-state index is 12.1. The summed E-state index contributed by atoms with van der Waals surface area (Å²) in [5.41, 5.74) is 0.590. The van der Waals surface area contributed by atoms with Gasteiger partial charge in [-0.15, -0.1) is 0 Å². The minimum absolute atomic E-state index is 0.192. The highest BCUT2D eigenvalue weighted by Gasteiger charge is 2.22. The lowest BCUT2D eigenvalue weighted by Crippen LogP contribution is -2.28. The van der Waals surface area contributed by atoms with Crippen molar-refractivity contribution in [1.82, 2.24) is 0 Å². The Kier molecular flexibility index (Phi) is 8.29. The van der Waals surface area contributed by atoms with Gasteiger partial charge in [0.15, 0.2) is 0 Å². The Morgan fingerprint density at radius 3 is 2.61 bits per heavy atom. The van der Waals surface area contributed by atoms with Gasteiger partial charge in [-0.25, -0.2) is 0 Å². The number of unbranched alkanes of at least 4 members (excludes halogenated alkanes) is 1. The molecule has 23 heavy (non-hydrogen) atoms. The number of benzene rings is 1. The zero-order chi connectivity index (χ0) is 17.5. The Hall–Kier alpha value is -0.850. The Bertz CT molecular complexity index is 511. The van der Waals surface area contributed by atoms with E-state index in [1.807, 2.05) is 45.9 Å². The summed E-state index contributed by atoms with van der Waals surface area (Å²) in [4.78, 5) is 12.1. The van der Waals surface area contributed by atoms with Gasteiger partial charge in [-0.1, -0.05) is 6.92 Å². The summed E-state index contributed by atoms with van der Waals surface area (Å²) >= 11 is 2.26. The molecule has 0 aliphatic carbocycles. The normalized spacial score (nSPS) is 12.8. The zero-order valence-corrected chi connectivity index (χ0v) is 16.5. The average molecular weight is 436 g/mol. The Morgan fingerprint density at radius 1 is 1.30 bits per heavy atom. The van der Waals surface area contributed by atoms with Crippen LogP contribution in [0.15, 0.2) is 18.2 Å².